The molecule has 1 rings (SSSR count). The maximum absolute atomic E-state index is 12.9. The number of amides is 5. The molecule has 49 heavy (non-hydrogen) atoms. The first-order valence-electron chi connectivity index (χ1n) is 16.2. The molecule has 1 aromatic rings. The molecule has 0 heterocycles. The number of hydrogen-bond donors (Lipinski definition) is 6. The first-order chi connectivity index (χ1) is 23.5. The predicted molar refractivity (Wildman–Crippen MR) is 178 cm³/mol. The highest BCUT2D eigenvalue weighted by Gasteiger charge is 2.22. The van der Waals surface area contributed by atoms with E-state index in [2.05, 4.69) is 26.6 Å². The van der Waals surface area contributed by atoms with Crippen molar-refractivity contribution in [1.29, 1.82) is 0 Å². The molecule has 0 bridgehead atoms. The first-order valence-corrected chi connectivity index (χ1v) is 16.2. The molecule has 0 radical (unpaired) electrons. The van der Waals surface area contributed by atoms with Gasteiger partial charge in [-0.25, -0.2) is 4.79 Å². The summed E-state index contributed by atoms with van der Waals surface area (Å²) in [5.74, 6) is -2.27. The van der Waals surface area contributed by atoms with E-state index in [1.165, 1.54) is 0 Å². The lowest BCUT2D eigenvalue weighted by Gasteiger charge is -2.20. The molecule has 0 aliphatic carbocycles. The molecular weight excluding hydrogens is 644 g/mol. The summed E-state index contributed by atoms with van der Waals surface area (Å²) in [5, 5.41) is 12.4. The fraction of sp³-hybridized carbons (Fsp3) is 0.656. The van der Waals surface area contributed by atoms with Gasteiger partial charge in [-0.15, -0.1) is 0 Å². The van der Waals surface area contributed by atoms with Gasteiger partial charge in [-0.3, -0.25) is 19.2 Å². The van der Waals surface area contributed by atoms with E-state index >= 15 is 0 Å². The van der Waals surface area contributed by atoms with Crippen LogP contribution < -0.4 is 32.3 Å². The molecule has 7 N–H and O–H groups in total. The lowest BCUT2D eigenvalue weighted by Crippen LogP contribution is -2.52. The average molecular weight is 699 g/mol. The van der Waals surface area contributed by atoms with Crippen LogP contribution >= 0.6 is 0 Å². The van der Waals surface area contributed by atoms with Crippen molar-refractivity contribution < 1.29 is 52.4 Å². The lowest BCUT2D eigenvalue weighted by molar-refractivity contribution is -0.130. The van der Waals surface area contributed by atoms with E-state index in [0.29, 0.717) is 66.0 Å². The minimum atomic E-state index is -1.02. The van der Waals surface area contributed by atoms with Gasteiger partial charge in [0.15, 0.2) is 0 Å². The fourth-order valence-electron chi connectivity index (χ4n) is 3.69. The number of ether oxygens (including phenoxy) is 6. The number of carbonyl (C=O) groups excluding carboxylic acids is 5. The Labute approximate surface area is 287 Å². The second-order valence-corrected chi connectivity index (χ2v) is 11.4. The van der Waals surface area contributed by atoms with E-state index in [-0.39, 0.29) is 26.1 Å². The summed E-state index contributed by atoms with van der Waals surface area (Å²) < 4.78 is 31.9. The Morgan fingerprint density at radius 1 is 0.633 bits per heavy atom. The van der Waals surface area contributed by atoms with E-state index in [4.69, 9.17) is 34.2 Å². The van der Waals surface area contributed by atoms with Gasteiger partial charge in [-0.05, 0) is 26.3 Å². The van der Waals surface area contributed by atoms with Gasteiger partial charge in [0.1, 0.15) is 18.2 Å². The van der Waals surface area contributed by atoms with Crippen LogP contribution in [0.2, 0.25) is 0 Å². The van der Waals surface area contributed by atoms with Crippen LogP contribution in [-0.2, 0) is 54.0 Å². The van der Waals surface area contributed by atoms with Crippen LogP contribution in [0.3, 0.4) is 0 Å². The molecule has 0 saturated heterocycles. The van der Waals surface area contributed by atoms with Crippen molar-refractivity contribution in [1.82, 2.24) is 26.6 Å². The largest absolute Gasteiger partial charge is 0.444 e. The Kier molecular flexibility index (Phi) is 23.8. The van der Waals surface area contributed by atoms with Gasteiger partial charge in [0.2, 0.25) is 23.6 Å². The minimum absolute atomic E-state index is 0.149. The summed E-state index contributed by atoms with van der Waals surface area (Å²) in [6.45, 7) is 8.83. The number of nitrogens with one attached hydrogen (secondary N) is 5. The second kappa shape index (κ2) is 27.0. The molecule has 0 unspecified atom stereocenters. The number of nitrogens with two attached hydrogens (primary N) is 1. The quantitative estimate of drug-likeness (QED) is 0.0585. The predicted octanol–water partition coefficient (Wildman–Crippen LogP) is -1.37. The van der Waals surface area contributed by atoms with Crippen molar-refractivity contribution in [3.8, 4) is 0 Å². The highest BCUT2D eigenvalue weighted by molar-refractivity contribution is 5.92. The van der Waals surface area contributed by atoms with Crippen LogP contribution in [-0.4, -0.2) is 140 Å². The van der Waals surface area contributed by atoms with Crippen LogP contribution in [0.25, 0.3) is 0 Å². The molecule has 0 fully saturated rings. The first kappa shape index (κ1) is 43.2. The van der Waals surface area contributed by atoms with Crippen molar-refractivity contribution in [3.63, 3.8) is 0 Å². The number of rotatable bonds is 27. The monoisotopic (exact) mass is 698 g/mol. The molecule has 17 heteroatoms. The summed E-state index contributed by atoms with van der Waals surface area (Å²) in [6.07, 6.45) is -0.623. The Balaban J connectivity index is 2.25. The van der Waals surface area contributed by atoms with Crippen LogP contribution in [0, 0.1) is 0 Å². The Bertz CT molecular complexity index is 1090. The summed E-state index contributed by atoms with van der Waals surface area (Å²) >= 11 is 0. The summed E-state index contributed by atoms with van der Waals surface area (Å²) in [7, 11) is 0. The Hall–Kier alpha value is -3.87. The molecule has 1 aromatic carbocycles. The zero-order chi connectivity index (χ0) is 36.2. The van der Waals surface area contributed by atoms with Crippen LogP contribution in [0.15, 0.2) is 30.3 Å². The molecular formula is C32H54N6O11. The number of hydrogen-bond acceptors (Lipinski definition) is 12. The highest BCUT2D eigenvalue weighted by atomic mass is 16.6. The molecule has 5 amide bonds. The summed E-state index contributed by atoms with van der Waals surface area (Å²) in [6, 6.07) is 7.98. The lowest BCUT2D eigenvalue weighted by atomic mass is 10.1. The van der Waals surface area contributed by atoms with Gasteiger partial charge >= 0.3 is 6.09 Å². The molecule has 0 spiro atoms. The fourth-order valence-corrected chi connectivity index (χ4v) is 3.69. The van der Waals surface area contributed by atoms with E-state index < -0.39 is 54.5 Å². The third-order valence-electron chi connectivity index (χ3n) is 5.91. The van der Waals surface area contributed by atoms with E-state index in [1.54, 1.807) is 45.0 Å². The minimum Gasteiger partial charge on any atom is -0.444 e. The summed E-state index contributed by atoms with van der Waals surface area (Å²) in [5.41, 5.74) is 5.37. The average Bonchev–Trinajstić information content (AvgIpc) is 3.06. The zero-order valence-electron chi connectivity index (χ0n) is 28.8. The standard InChI is InChI=1S/C32H54N6O11/c1-32(2,3)49-31(43)37-23-28(40)35-24-29(41)38-26(21-25-7-5-4-6-8-25)30(42)36-22-27(39)34-10-12-45-14-16-47-18-20-48-19-17-46-15-13-44-11-9-33/h4-8,26H,9-24,33H2,1-3H3,(H,34,39)(H,35,40)(H,36,42)(H,37,43)(H,38,41)/t26-/m0/s1. The smallest absolute Gasteiger partial charge is 0.408 e. The van der Waals surface area contributed by atoms with E-state index in [0.717, 1.165) is 5.56 Å². The van der Waals surface area contributed by atoms with Crippen molar-refractivity contribution in [2.45, 2.75) is 38.8 Å². The molecule has 0 aromatic heterocycles. The normalized spacial score (nSPS) is 11.7. The molecule has 278 valence electrons. The second-order valence-electron chi connectivity index (χ2n) is 11.4. The van der Waals surface area contributed by atoms with E-state index in [1.807, 2.05) is 6.07 Å². The van der Waals surface area contributed by atoms with Crippen LogP contribution in [0.4, 0.5) is 4.79 Å². The third-order valence-corrected chi connectivity index (χ3v) is 5.91. The van der Waals surface area contributed by atoms with E-state index in [9.17, 15) is 24.0 Å². The van der Waals surface area contributed by atoms with Crippen LogP contribution in [0.5, 0.6) is 0 Å². The van der Waals surface area contributed by atoms with Crippen molar-refractivity contribution in [2.24, 2.45) is 5.73 Å². The van der Waals surface area contributed by atoms with Crippen molar-refractivity contribution in [2.75, 3.05) is 98.8 Å². The maximum atomic E-state index is 12.9. The molecule has 1 atom stereocenters. The number of benzene rings is 1. The van der Waals surface area contributed by atoms with Gasteiger partial charge in [0.05, 0.1) is 79.2 Å². The van der Waals surface area contributed by atoms with Crippen LogP contribution in [0.1, 0.15) is 26.3 Å². The Morgan fingerprint density at radius 3 is 1.67 bits per heavy atom. The number of carbonyl (C=O) groups is 5. The Morgan fingerprint density at radius 2 is 1.12 bits per heavy atom. The zero-order valence-corrected chi connectivity index (χ0v) is 28.8. The molecule has 0 aliphatic heterocycles. The molecule has 17 nitrogen and oxygen atoms in total. The third kappa shape index (κ3) is 25.8. The maximum Gasteiger partial charge on any atom is 0.408 e. The van der Waals surface area contributed by atoms with Crippen molar-refractivity contribution >= 4 is 29.7 Å². The van der Waals surface area contributed by atoms with Gasteiger partial charge in [-0.2, -0.15) is 0 Å². The molecule has 0 saturated carbocycles. The van der Waals surface area contributed by atoms with Crippen molar-refractivity contribution in [3.05, 3.63) is 35.9 Å². The van der Waals surface area contributed by atoms with Gasteiger partial charge in [0, 0.05) is 19.5 Å². The topological polar surface area (TPSA) is 227 Å². The highest BCUT2D eigenvalue weighted by Crippen LogP contribution is 2.06. The molecule has 0 aliphatic rings. The van der Waals surface area contributed by atoms with Gasteiger partial charge < -0.3 is 60.7 Å². The summed E-state index contributed by atoms with van der Waals surface area (Å²) in [4.78, 5) is 61.5. The SMILES string of the molecule is CC(C)(C)OC(=O)NCC(=O)NCC(=O)N[C@@H](Cc1ccccc1)C(=O)NCC(=O)NCCOCCOCCOCCOCCOCCN. The van der Waals surface area contributed by atoms with Gasteiger partial charge in [-0.1, -0.05) is 30.3 Å². The number of alkyl carbamates (subject to hydrolysis) is 1. The van der Waals surface area contributed by atoms with Gasteiger partial charge in [0.25, 0.3) is 0 Å².